The number of hydrogen-bond acceptors (Lipinski definition) is 13. The topological polar surface area (TPSA) is 157 Å². The molecule has 5 aromatic rings. The van der Waals surface area contributed by atoms with Crippen molar-refractivity contribution in [2.75, 3.05) is 54.2 Å². The Morgan fingerprint density at radius 2 is 1.24 bits per heavy atom. The quantitative estimate of drug-likeness (QED) is 0.0159. The van der Waals surface area contributed by atoms with Gasteiger partial charge in [0.25, 0.3) is 8.53 Å². The molecule has 2 heterocycles. The molecule has 408 valence electrons. The van der Waals surface area contributed by atoms with Crippen LogP contribution in [0, 0.1) is 11.8 Å². The lowest BCUT2D eigenvalue weighted by molar-refractivity contribution is -0.258. The molecule has 1 N–H and O–H groups in total. The summed E-state index contributed by atoms with van der Waals surface area (Å²) in [5.74, 6) is -0.347. The van der Waals surface area contributed by atoms with Gasteiger partial charge in [-0.15, -0.1) is 0 Å². The minimum atomic E-state index is -1.43. The van der Waals surface area contributed by atoms with Crippen molar-refractivity contribution < 1.29 is 56.6 Å². The monoisotopic (exact) mass is 1050 g/mol. The Hall–Kier alpha value is -5.54. The fraction of sp³-hybridized carbons (Fsp3) is 0.508. The molecule has 6 atom stereocenters. The van der Waals surface area contributed by atoms with Crippen LogP contribution in [0.15, 0.2) is 109 Å². The number of aromatic nitrogens is 1. The number of ether oxygens (including phenoxy) is 7. The Labute approximate surface area is 445 Å². The number of carbonyl (C=O) groups is 3. The SMILES string of the molecule is COC(=O)C1OC(OC(=O)N(CCCCCOP(OCCCOC(c2ccccc2)(c2ccc(OC)cc2)c2ccc(OC)cc2)N(C(C)C)C(C)C)CCCCc2c[nH]c3ccccc23)C(OC(C)=O)C(C)C1C. The first-order valence-electron chi connectivity index (χ1n) is 26.5. The third-order valence-corrected chi connectivity index (χ3v) is 16.0. The van der Waals surface area contributed by atoms with Crippen LogP contribution in [0.25, 0.3) is 10.9 Å². The van der Waals surface area contributed by atoms with Gasteiger partial charge in [-0.3, -0.25) is 4.79 Å². The molecule has 0 saturated carbocycles. The van der Waals surface area contributed by atoms with Crippen molar-refractivity contribution in [1.82, 2.24) is 14.6 Å². The molecule has 0 radical (unpaired) electrons. The highest BCUT2D eigenvalue weighted by Gasteiger charge is 2.49. The zero-order chi connectivity index (χ0) is 53.9. The van der Waals surface area contributed by atoms with E-state index in [1.807, 2.05) is 74.6 Å². The molecule has 75 heavy (non-hydrogen) atoms. The first kappa shape index (κ1) is 58.7. The van der Waals surface area contributed by atoms with Gasteiger partial charge < -0.3 is 52.1 Å². The second kappa shape index (κ2) is 29.1. The summed E-state index contributed by atoms with van der Waals surface area (Å²) in [7, 11) is 3.18. The van der Waals surface area contributed by atoms with Gasteiger partial charge in [-0.2, -0.15) is 0 Å². The summed E-state index contributed by atoms with van der Waals surface area (Å²) < 4.78 is 56.5. The summed E-state index contributed by atoms with van der Waals surface area (Å²) >= 11 is 0. The number of methoxy groups -OCH3 is 3. The molecular formula is C59H80N3O12P. The van der Waals surface area contributed by atoms with Crippen LogP contribution >= 0.6 is 8.53 Å². The molecule has 1 aromatic heterocycles. The summed E-state index contributed by atoms with van der Waals surface area (Å²) in [4.78, 5) is 44.2. The third-order valence-electron chi connectivity index (χ3n) is 13.9. The van der Waals surface area contributed by atoms with Crippen LogP contribution in [0.1, 0.15) is 109 Å². The lowest BCUT2D eigenvalue weighted by Gasteiger charge is -2.42. The first-order chi connectivity index (χ1) is 36.2. The Morgan fingerprint density at radius 1 is 0.667 bits per heavy atom. The molecule has 1 fully saturated rings. The predicted molar refractivity (Wildman–Crippen MR) is 292 cm³/mol. The highest BCUT2D eigenvalue weighted by Crippen LogP contribution is 2.47. The van der Waals surface area contributed by atoms with E-state index in [1.54, 1.807) is 19.1 Å². The van der Waals surface area contributed by atoms with Crippen molar-refractivity contribution in [2.45, 2.75) is 130 Å². The zero-order valence-corrected chi connectivity index (χ0v) is 46.6. The maximum absolute atomic E-state index is 14.2. The lowest BCUT2D eigenvalue weighted by atomic mass is 9.80. The first-order valence-corrected chi connectivity index (χ1v) is 27.6. The second-order valence-corrected chi connectivity index (χ2v) is 21.1. The van der Waals surface area contributed by atoms with Crippen molar-refractivity contribution >= 4 is 37.5 Å². The van der Waals surface area contributed by atoms with Gasteiger partial charge in [0.15, 0.2) is 12.2 Å². The summed E-state index contributed by atoms with van der Waals surface area (Å²) in [6, 6.07) is 34.9. The van der Waals surface area contributed by atoms with Gasteiger partial charge in [0.05, 0.1) is 41.2 Å². The van der Waals surface area contributed by atoms with Gasteiger partial charge in [-0.05, 0) is 131 Å². The Kier molecular flexibility index (Phi) is 22.8. The number of fused-ring (bicyclic) bond motifs is 1. The minimum Gasteiger partial charge on any atom is -0.497 e. The summed E-state index contributed by atoms with van der Waals surface area (Å²) in [6.07, 6.45) is 3.41. The van der Waals surface area contributed by atoms with Crippen molar-refractivity contribution in [3.8, 4) is 11.5 Å². The molecule has 0 spiro atoms. The number of hydrogen-bond donors (Lipinski definition) is 1. The predicted octanol–water partition coefficient (Wildman–Crippen LogP) is 12.0. The van der Waals surface area contributed by atoms with Crippen molar-refractivity contribution in [2.24, 2.45) is 11.8 Å². The van der Waals surface area contributed by atoms with Crippen molar-refractivity contribution in [1.29, 1.82) is 0 Å². The number of benzene rings is 4. The number of H-pyrrole nitrogens is 1. The Balaban J connectivity index is 1.09. The molecule has 16 heteroatoms. The van der Waals surface area contributed by atoms with E-state index >= 15 is 0 Å². The molecular weight excluding hydrogens is 974 g/mol. The van der Waals surface area contributed by atoms with Gasteiger partial charge in [-0.1, -0.05) is 86.6 Å². The van der Waals surface area contributed by atoms with Crippen LogP contribution in [0.3, 0.4) is 0 Å². The highest BCUT2D eigenvalue weighted by atomic mass is 31.2. The number of amides is 1. The van der Waals surface area contributed by atoms with E-state index in [2.05, 4.69) is 85.9 Å². The van der Waals surface area contributed by atoms with E-state index in [0.29, 0.717) is 45.8 Å². The van der Waals surface area contributed by atoms with Gasteiger partial charge >= 0.3 is 18.0 Å². The van der Waals surface area contributed by atoms with Crippen LogP contribution in [-0.4, -0.2) is 117 Å². The van der Waals surface area contributed by atoms with E-state index < -0.39 is 50.7 Å². The standard InChI is InChI=1S/C59H80N3O12P/c1-41(2)62(42(3)4)75(71-39-21-37-69-59(47-23-13-11-14-24-47,48-27-31-50(66-8)32-28-48)49-29-33-51(67-9)34-30-49)70-38-20-12-18-35-61(36-19-17-22-46-40-60-53-26-16-15-25-52(46)53)58(65)74-57-55(72-45(7)63)44(6)43(5)54(73-57)56(64)68-10/h11,13-16,23-34,40-44,54-55,57,60H,12,17-22,35-39H2,1-10H3. The maximum Gasteiger partial charge on any atom is 0.412 e. The van der Waals surface area contributed by atoms with E-state index in [-0.39, 0.29) is 23.9 Å². The molecule has 1 aliphatic heterocycles. The summed E-state index contributed by atoms with van der Waals surface area (Å²) in [5, 5.41) is 1.19. The average Bonchev–Trinajstić information content (AvgIpc) is 3.83. The van der Waals surface area contributed by atoms with Crippen LogP contribution in [-0.2, 0) is 54.3 Å². The van der Waals surface area contributed by atoms with Gasteiger partial charge in [0.1, 0.15) is 17.1 Å². The second-order valence-electron chi connectivity index (χ2n) is 19.7. The van der Waals surface area contributed by atoms with Crippen LogP contribution in [0.5, 0.6) is 11.5 Å². The number of nitrogens with one attached hydrogen (secondary N) is 1. The molecule has 6 rings (SSSR count). The molecule has 15 nitrogen and oxygen atoms in total. The summed E-state index contributed by atoms with van der Waals surface area (Å²) in [5.41, 5.74) is 4.29. The smallest absolute Gasteiger partial charge is 0.412 e. The number of para-hydroxylation sites is 1. The molecule has 1 saturated heterocycles. The molecule has 4 aromatic carbocycles. The lowest BCUT2D eigenvalue weighted by Crippen LogP contribution is -2.55. The van der Waals surface area contributed by atoms with Gasteiger partial charge in [-0.25, -0.2) is 14.3 Å². The largest absolute Gasteiger partial charge is 0.497 e. The van der Waals surface area contributed by atoms with Gasteiger partial charge in [0.2, 0.25) is 6.29 Å². The summed E-state index contributed by atoms with van der Waals surface area (Å²) in [6.45, 7) is 15.7. The Bertz CT molecular complexity index is 2450. The van der Waals surface area contributed by atoms with E-state index in [9.17, 15) is 14.4 Å². The molecule has 0 bridgehead atoms. The zero-order valence-electron chi connectivity index (χ0n) is 45.7. The van der Waals surface area contributed by atoms with E-state index in [4.69, 9.17) is 42.2 Å². The molecule has 1 amide bonds. The third kappa shape index (κ3) is 15.5. The van der Waals surface area contributed by atoms with Crippen molar-refractivity contribution in [3.63, 3.8) is 0 Å². The van der Waals surface area contributed by atoms with Crippen molar-refractivity contribution in [3.05, 3.63) is 132 Å². The van der Waals surface area contributed by atoms with Gasteiger partial charge in [0, 0.05) is 55.1 Å². The number of unbranched alkanes of at least 4 members (excludes halogenated alkanes) is 3. The number of rotatable bonds is 29. The fourth-order valence-electron chi connectivity index (χ4n) is 9.80. The fourth-order valence-corrected chi connectivity index (χ4v) is 11.5. The van der Waals surface area contributed by atoms with Crippen LogP contribution in [0.2, 0.25) is 0 Å². The number of aromatic amines is 1. The average molecular weight is 1050 g/mol. The van der Waals surface area contributed by atoms with Crippen LogP contribution < -0.4 is 9.47 Å². The Morgan fingerprint density at radius 3 is 1.83 bits per heavy atom. The molecule has 6 unspecified atom stereocenters. The molecule has 0 aliphatic carbocycles. The van der Waals surface area contributed by atoms with Crippen LogP contribution in [0.4, 0.5) is 4.79 Å². The van der Waals surface area contributed by atoms with E-state index in [0.717, 1.165) is 65.8 Å². The maximum atomic E-state index is 14.2. The number of esters is 2. The highest BCUT2D eigenvalue weighted by molar-refractivity contribution is 7.44. The number of nitrogens with zero attached hydrogens (tertiary/aromatic N) is 2. The minimum absolute atomic E-state index is 0.168. The number of aryl methyl sites for hydroxylation is 1. The van der Waals surface area contributed by atoms with E-state index in [1.165, 1.54) is 25.0 Å². The molecule has 1 aliphatic rings. The normalized spacial score (nSPS) is 18.3. The number of carbonyl (C=O) groups excluding carboxylic acids is 3.